The summed E-state index contributed by atoms with van der Waals surface area (Å²) in [5, 5.41) is 13.5. The van der Waals surface area contributed by atoms with Crippen LogP contribution in [0.2, 0.25) is 0 Å². The smallest absolute Gasteiger partial charge is 0.227 e. The second kappa shape index (κ2) is 6.41. The lowest BCUT2D eigenvalue weighted by Crippen LogP contribution is -2.55. The highest BCUT2D eigenvalue weighted by molar-refractivity contribution is 5.81. The maximum Gasteiger partial charge on any atom is 0.227 e. The lowest BCUT2D eigenvalue weighted by Gasteiger charge is -2.40. The van der Waals surface area contributed by atoms with Gasteiger partial charge in [-0.05, 0) is 19.8 Å². The van der Waals surface area contributed by atoms with E-state index in [-0.39, 0.29) is 17.9 Å². The van der Waals surface area contributed by atoms with Crippen molar-refractivity contribution in [2.24, 2.45) is 13.0 Å². The number of nitriles is 1. The molecule has 26 heavy (non-hydrogen) atoms. The summed E-state index contributed by atoms with van der Waals surface area (Å²) in [4.78, 5) is 25.4. The first-order valence-electron chi connectivity index (χ1n) is 8.89. The Balaban J connectivity index is 1.58. The van der Waals surface area contributed by atoms with Gasteiger partial charge in [-0.25, -0.2) is 9.97 Å². The van der Waals surface area contributed by atoms with Crippen molar-refractivity contribution in [3.8, 4) is 17.3 Å². The number of anilines is 1. The molecule has 1 atom stereocenters. The number of amides is 1. The molecule has 1 aliphatic heterocycles. The van der Waals surface area contributed by atoms with Gasteiger partial charge in [0.25, 0.3) is 0 Å². The second-order valence-corrected chi connectivity index (χ2v) is 7.05. The van der Waals surface area contributed by atoms with Crippen LogP contribution >= 0.6 is 0 Å². The molecule has 2 aliphatic rings. The Bertz CT molecular complexity index is 880. The number of carbonyl (C=O) groups excluding carboxylic acids is 1. The molecule has 134 valence electrons. The number of carbonyl (C=O) groups is 1. The van der Waals surface area contributed by atoms with E-state index in [4.69, 9.17) is 0 Å². The van der Waals surface area contributed by atoms with Crippen LogP contribution in [0, 0.1) is 17.2 Å². The fourth-order valence-electron chi connectivity index (χ4n) is 3.37. The molecule has 2 aromatic heterocycles. The first kappa shape index (κ1) is 16.5. The van der Waals surface area contributed by atoms with Crippen LogP contribution in [0.3, 0.4) is 0 Å². The number of aryl methyl sites for hydroxylation is 1. The van der Waals surface area contributed by atoms with Gasteiger partial charge in [0.15, 0.2) is 0 Å². The zero-order chi connectivity index (χ0) is 18.3. The molecule has 0 spiro atoms. The van der Waals surface area contributed by atoms with Gasteiger partial charge in [0.1, 0.15) is 11.8 Å². The van der Waals surface area contributed by atoms with Crippen LogP contribution in [0.4, 0.5) is 5.95 Å². The van der Waals surface area contributed by atoms with Gasteiger partial charge in [-0.3, -0.25) is 9.48 Å². The molecule has 1 aliphatic carbocycles. The van der Waals surface area contributed by atoms with E-state index in [2.05, 4.69) is 33.0 Å². The van der Waals surface area contributed by atoms with Crippen LogP contribution < -0.4 is 4.90 Å². The summed E-state index contributed by atoms with van der Waals surface area (Å²) < 4.78 is 1.70. The lowest BCUT2D eigenvalue weighted by molar-refractivity contribution is -0.134. The fraction of sp³-hybridized carbons (Fsp3) is 0.500. The van der Waals surface area contributed by atoms with E-state index in [1.54, 1.807) is 16.9 Å². The average molecular weight is 351 g/mol. The summed E-state index contributed by atoms with van der Waals surface area (Å²) in [7, 11) is 1.84. The fourth-order valence-corrected chi connectivity index (χ4v) is 3.37. The number of hydrogen-bond donors (Lipinski definition) is 0. The van der Waals surface area contributed by atoms with Gasteiger partial charge in [-0.2, -0.15) is 10.4 Å². The van der Waals surface area contributed by atoms with Gasteiger partial charge in [0, 0.05) is 56.5 Å². The Morgan fingerprint density at radius 2 is 2.12 bits per heavy atom. The van der Waals surface area contributed by atoms with Gasteiger partial charge >= 0.3 is 0 Å². The normalized spacial score (nSPS) is 20.1. The Morgan fingerprint density at radius 3 is 2.73 bits per heavy atom. The maximum absolute atomic E-state index is 12.4. The summed E-state index contributed by atoms with van der Waals surface area (Å²) in [6.45, 7) is 4.06. The molecular weight excluding hydrogens is 330 g/mol. The van der Waals surface area contributed by atoms with E-state index >= 15 is 0 Å². The minimum atomic E-state index is 0.105. The first-order valence-corrected chi connectivity index (χ1v) is 8.89. The van der Waals surface area contributed by atoms with Crippen LogP contribution in [0.15, 0.2) is 18.5 Å². The molecular formula is C18H21N7O. The number of rotatable bonds is 3. The topological polar surface area (TPSA) is 90.9 Å². The highest BCUT2D eigenvalue weighted by Gasteiger charge is 2.37. The van der Waals surface area contributed by atoms with Gasteiger partial charge in [-0.15, -0.1) is 0 Å². The Hall–Kier alpha value is -2.95. The molecule has 4 rings (SSSR count). The van der Waals surface area contributed by atoms with Crippen molar-refractivity contribution >= 4 is 11.9 Å². The average Bonchev–Trinajstić information content (AvgIpc) is 3.41. The predicted octanol–water partition coefficient (Wildman–Crippen LogP) is 1.20. The standard InChI is InChI=1S/C18H21N7O/c1-12-10-24(5-6-25(12)17(26)13-3-4-13)18-21-15(8-19)7-16(22-18)14-9-20-23(2)11-14/h7,9,11-13H,3-6,10H2,1-2H3/t12-/m1/s1. The number of aromatic nitrogens is 4. The monoisotopic (exact) mass is 351 g/mol. The SMILES string of the molecule is C[C@@H]1CN(c2nc(C#N)cc(-c3cnn(C)c3)n2)CCN1C(=O)C1CC1. The van der Waals surface area contributed by atoms with Crippen molar-refractivity contribution in [2.75, 3.05) is 24.5 Å². The summed E-state index contributed by atoms with van der Waals surface area (Å²) in [5.41, 5.74) is 1.87. The molecule has 0 aromatic carbocycles. The van der Waals surface area contributed by atoms with Crippen molar-refractivity contribution in [1.82, 2.24) is 24.6 Å². The van der Waals surface area contributed by atoms with E-state index in [0.717, 1.165) is 18.4 Å². The summed E-state index contributed by atoms with van der Waals surface area (Å²) in [5.74, 6) is 1.05. The zero-order valence-corrected chi connectivity index (χ0v) is 15.0. The Kier molecular flexibility index (Phi) is 4.07. The number of hydrogen-bond acceptors (Lipinski definition) is 6. The maximum atomic E-state index is 12.4. The third-order valence-corrected chi connectivity index (χ3v) is 4.95. The molecule has 8 heteroatoms. The quantitative estimate of drug-likeness (QED) is 0.825. The van der Waals surface area contributed by atoms with Crippen LogP contribution in [0.25, 0.3) is 11.3 Å². The molecule has 0 N–H and O–H groups in total. The van der Waals surface area contributed by atoms with Crippen LogP contribution in [-0.4, -0.2) is 56.2 Å². The van der Waals surface area contributed by atoms with Crippen LogP contribution in [-0.2, 0) is 11.8 Å². The third-order valence-electron chi connectivity index (χ3n) is 4.95. The molecule has 1 amide bonds. The van der Waals surface area contributed by atoms with E-state index < -0.39 is 0 Å². The summed E-state index contributed by atoms with van der Waals surface area (Å²) in [6, 6.07) is 3.90. The number of nitrogens with zero attached hydrogens (tertiary/aromatic N) is 7. The van der Waals surface area contributed by atoms with Gasteiger partial charge in [-0.1, -0.05) is 0 Å². The van der Waals surface area contributed by atoms with E-state index in [9.17, 15) is 10.1 Å². The molecule has 0 radical (unpaired) electrons. The van der Waals surface area contributed by atoms with E-state index in [0.29, 0.717) is 37.0 Å². The summed E-state index contributed by atoms with van der Waals surface area (Å²) >= 11 is 0. The largest absolute Gasteiger partial charge is 0.337 e. The van der Waals surface area contributed by atoms with Crippen molar-refractivity contribution < 1.29 is 4.79 Å². The first-order chi connectivity index (χ1) is 12.5. The second-order valence-electron chi connectivity index (χ2n) is 7.05. The van der Waals surface area contributed by atoms with Crippen molar-refractivity contribution in [3.63, 3.8) is 0 Å². The lowest BCUT2D eigenvalue weighted by atomic mass is 10.1. The molecule has 0 bridgehead atoms. The molecule has 8 nitrogen and oxygen atoms in total. The molecule has 2 fully saturated rings. The molecule has 1 saturated heterocycles. The van der Waals surface area contributed by atoms with Crippen LogP contribution in [0.1, 0.15) is 25.5 Å². The molecule has 3 heterocycles. The van der Waals surface area contributed by atoms with Gasteiger partial charge in [0.2, 0.25) is 11.9 Å². The van der Waals surface area contributed by atoms with E-state index in [1.807, 2.05) is 18.1 Å². The van der Waals surface area contributed by atoms with Crippen molar-refractivity contribution in [3.05, 3.63) is 24.2 Å². The van der Waals surface area contributed by atoms with Gasteiger partial charge < -0.3 is 9.80 Å². The van der Waals surface area contributed by atoms with Gasteiger partial charge in [0.05, 0.1) is 11.9 Å². The summed E-state index contributed by atoms with van der Waals surface area (Å²) in [6.07, 6.45) is 5.63. The molecule has 2 aromatic rings. The van der Waals surface area contributed by atoms with E-state index in [1.165, 1.54) is 0 Å². The van der Waals surface area contributed by atoms with Crippen LogP contribution in [0.5, 0.6) is 0 Å². The Morgan fingerprint density at radius 1 is 1.31 bits per heavy atom. The number of piperazine rings is 1. The zero-order valence-electron chi connectivity index (χ0n) is 15.0. The Labute approximate surface area is 152 Å². The highest BCUT2D eigenvalue weighted by atomic mass is 16.2. The minimum Gasteiger partial charge on any atom is -0.337 e. The highest BCUT2D eigenvalue weighted by Crippen LogP contribution is 2.32. The predicted molar refractivity (Wildman–Crippen MR) is 95.1 cm³/mol. The third kappa shape index (κ3) is 3.12. The minimum absolute atomic E-state index is 0.105. The molecule has 0 unspecified atom stereocenters. The van der Waals surface area contributed by atoms with Crippen molar-refractivity contribution in [2.45, 2.75) is 25.8 Å². The molecule has 1 saturated carbocycles. The van der Waals surface area contributed by atoms with Crippen molar-refractivity contribution in [1.29, 1.82) is 5.26 Å².